The minimum atomic E-state index is -0.478. The molecule has 1 aromatic heterocycles. The predicted molar refractivity (Wildman–Crippen MR) is 191 cm³/mol. The smallest absolute Gasteiger partial charge is 0.136 e. The van der Waals surface area contributed by atoms with Crippen LogP contribution in [0.15, 0.2) is 162 Å². The van der Waals surface area contributed by atoms with Crippen LogP contribution < -0.4 is 0 Å². The first-order valence-corrected chi connectivity index (χ1v) is 16.0. The van der Waals surface area contributed by atoms with Gasteiger partial charge in [0.2, 0.25) is 0 Å². The molecule has 8 aromatic rings. The summed E-state index contributed by atoms with van der Waals surface area (Å²) in [6, 6.07) is 59.4. The first-order chi connectivity index (χ1) is 23.7. The van der Waals surface area contributed by atoms with E-state index in [9.17, 15) is 10.5 Å². The van der Waals surface area contributed by atoms with Crippen molar-refractivity contribution in [2.75, 3.05) is 0 Å². The minimum Gasteiger partial charge on any atom is -0.456 e. The molecule has 0 saturated heterocycles. The Hall–Kier alpha value is -6.68. The summed E-state index contributed by atoms with van der Waals surface area (Å²) in [6.45, 7) is 0. The number of benzene rings is 7. The highest BCUT2D eigenvalue weighted by atomic mass is 16.3. The van der Waals surface area contributed by atoms with Crippen molar-refractivity contribution in [3.63, 3.8) is 0 Å². The van der Waals surface area contributed by atoms with Gasteiger partial charge in [-0.15, -0.1) is 0 Å². The summed E-state index contributed by atoms with van der Waals surface area (Å²) in [6.07, 6.45) is 0. The Morgan fingerprint density at radius 1 is 0.438 bits per heavy atom. The summed E-state index contributed by atoms with van der Waals surface area (Å²) < 4.78 is 6.35. The lowest BCUT2D eigenvalue weighted by atomic mass is 9.67. The maximum Gasteiger partial charge on any atom is 0.136 e. The first kappa shape index (κ1) is 27.6. The molecule has 0 atom stereocenters. The zero-order valence-electron chi connectivity index (χ0n) is 25.8. The van der Waals surface area contributed by atoms with Crippen LogP contribution in [-0.4, -0.2) is 0 Å². The molecule has 0 spiro atoms. The van der Waals surface area contributed by atoms with E-state index >= 15 is 0 Å². The van der Waals surface area contributed by atoms with Gasteiger partial charge in [0.15, 0.2) is 0 Å². The van der Waals surface area contributed by atoms with Crippen LogP contribution in [0.25, 0.3) is 55.3 Å². The van der Waals surface area contributed by atoms with E-state index in [1.807, 2.05) is 36.4 Å². The monoisotopic (exact) mass is 610 g/mol. The molecule has 0 amide bonds. The van der Waals surface area contributed by atoms with Crippen molar-refractivity contribution in [1.82, 2.24) is 0 Å². The highest BCUT2D eigenvalue weighted by molar-refractivity contribution is 6.13. The summed E-state index contributed by atoms with van der Waals surface area (Å²) in [5.41, 5.74) is 13.4. The molecule has 3 nitrogen and oxygen atoms in total. The van der Waals surface area contributed by atoms with Crippen molar-refractivity contribution in [2.45, 2.75) is 5.41 Å². The topological polar surface area (TPSA) is 60.7 Å². The van der Waals surface area contributed by atoms with Gasteiger partial charge >= 0.3 is 0 Å². The second-order valence-electron chi connectivity index (χ2n) is 12.3. The Morgan fingerprint density at radius 2 is 1.04 bits per heavy atom. The van der Waals surface area contributed by atoms with Crippen LogP contribution in [0.1, 0.15) is 33.4 Å². The van der Waals surface area contributed by atoms with Gasteiger partial charge in [-0.1, -0.05) is 115 Å². The lowest BCUT2D eigenvalue weighted by Gasteiger charge is -2.34. The van der Waals surface area contributed by atoms with Crippen molar-refractivity contribution in [3.05, 3.63) is 191 Å². The molecule has 0 radical (unpaired) electrons. The van der Waals surface area contributed by atoms with Gasteiger partial charge in [0.05, 0.1) is 28.7 Å². The molecule has 48 heavy (non-hydrogen) atoms. The molecule has 0 N–H and O–H groups in total. The number of hydrogen-bond donors (Lipinski definition) is 0. The maximum absolute atomic E-state index is 9.66. The van der Waals surface area contributed by atoms with E-state index in [0.29, 0.717) is 11.1 Å². The molecule has 0 saturated carbocycles. The van der Waals surface area contributed by atoms with Crippen molar-refractivity contribution in [3.8, 4) is 45.5 Å². The molecule has 0 aliphatic heterocycles. The van der Waals surface area contributed by atoms with E-state index < -0.39 is 5.41 Å². The van der Waals surface area contributed by atoms with Crippen molar-refractivity contribution < 1.29 is 4.42 Å². The molecule has 3 heteroatoms. The number of furan rings is 1. The summed E-state index contributed by atoms with van der Waals surface area (Å²) in [5.74, 6) is 0. The van der Waals surface area contributed by atoms with Crippen molar-refractivity contribution in [2.24, 2.45) is 0 Å². The van der Waals surface area contributed by atoms with Crippen LogP contribution in [0.4, 0.5) is 0 Å². The fraction of sp³-hybridized carbons (Fsp3) is 0.0222. The number of nitrogens with zero attached hydrogens (tertiary/aromatic N) is 2. The minimum absolute atomic E-state index is 0.453. The predicted octanol–water partition coefficient (Wildman–Crippen LogP) is 11.0. The third-order valence-corrected chi connectivity index (χ3v) is 9.79. The Bertz CT molecular complexity index is 2560. The van der Waals surface area contributed by atoms with Gasteiger partial charge in [0.1, 0.15) is 11.2 Å². The van der Waals surface area contributed by atoms with Gasteiger partial charge in [0.25, 0.3) is 0 Å². The van der Waals surface area contributed by atoms with Gasteiger partial charge in [-0.25, -0.2) is 0 Å². The Balaban J connectivity index is 1.28. The third kappa shape index (κ3) is 3.99. The van der Waals surface area contributed by atoms with E-state index in [4.69, 9.17) is 4.42 Å². The van der Waals surface area contributed by atoms with Gasteiger partial charge in [-0.2, -0.15) is 10.5 Å². The lowest BCUT2D eigenvalue weighted by Crippen LogP contribution is -2.28. The number of rotatable bonds is 4. The Kier molecular flexibility index (Phi) is 6.16. The number of fused-ring (bicyclic) bond motifs is 6. The van der Waals surface area contributed by atoms with E-state index in [1.165, 1.54) is 33.4 Å². The van der Waals surface area contributed by atoms with E-state index in [1.54, 1.807) is 6.07 Å². The van der Waals surface area contributed by atoms with Gasteiger partial charge in [-0.05, 0) is 98.1 Å². The Labute approximate surface area is 278 Å². The zero-order valence-corrected chi connectivity index (χ0v) is 25.8. The second-order valence-corrected chi connectivity index (χ2v) is 12.3. The Morgan fingerprint density at radius 3 is 1.75 bits per heavy atom. The van der Waals surface area contributed by atoms with E-state index in [2.05, 4.69) is 127 Å². The highest BCUT2D eigenvalue weighted by Crippen LogP contribution is 2.56. The molecule has 0 unspecified atom stereocenters. The standard InChI is InChI=1S/C45H26N2O/c46-27-29-22-30(28-47)24-33(23-29)36-15-9-17-43-44(36)39-25-31(19-21-42(39)48-43)32-18-20-38-37-14-7-8-16-40(37)45(41(38)26-32,34-10-3-1-4-11-34)35-12-5-2-6-13-35/h1-26H. The van der Waals surface area contributed by atoms with Crippen LogP contribution in [0.2, 0.25) is 0 Å². The van der Waals surface area contributed by atoms with Crippen molar-refractivity contribution >= 4 is 21.9 Å². The molecule has 7 aromatic carbocycles. The zero-order chi connectivity index (χ0) is 32.2. The SMILES string of the molecule is N#Cc1cc(C#N)cc(-c2cccc3oc4ccc(-c5ccc6c(c5)C(c5ccccc5)(c5ccccc5)c5ccccc5-6)cc4c23)c1. The molecule has 1 heterocycles. The normalized spacial score (nSPS) is 12.7. The van der Waals surface area contributed by atoms with E-state index in [0.717, 1.165) is 44.2 Å². The second kappa shape index (κ2) is 10.7. The maximum atomic E-state index is 9.66. The molecule has 1 aliphatic carbocycles. The summed E-state index contributed by atoms with van der Waals surface area (Å²) >= 11 is 0. The van der Waals surface area contributed by atoms with Crippen LogP contribution in [-0.2, 0) is 5.41 Å². The summed E-state index contributed by atoms with van der Waals surface area (Å²) in [5, 5.41) is 21.3. The summed E-state index contributed by atoms with van der Waals surface area (Å²) in [7, 11) is 0. The quantitative estimate of drug-likeness (QED) is 0.199. The van der Waals surface area contributed by atoms with E-state index in [-0.39, 0.29) is 0 Å². The average Bonchev–Trinajstić information content (AvgIpc) is 3.68. The molecule has 222 valence electrons. The summed E-state index contributed by atoms with van der Waals surface area (Å²) in [4.78, 5) is 0. The van der Waals surface area contributed by atoms with Crippen LogP contribution in [0, 0.1) is 22.7 Å². The highest BCUT2D eigenvalue weighted by Gasteiger charge is 2.46. The van der Waals surface area contributed by atoms with Crippen molar-refractivity contribution in [1.29, 1.82) is 10.5 Å². The van der Waals surface area contributed by atoms with Crippen LogP contribution in [0.3, 0.4) is 0 Å². The fourth-order valence-corrected chi connectivity index (χ4v) is 7.78. The first-order valence-electron chi connectivity index (χ1n) is 16.0. The number of hydrogen-bond acceptors (Lipinski definition) is 3. The van der Waals surface area contributed by atoms with Crippen LogP contribution >= 0.6 is 0 Å². The molecular formula is C45H26N2O. The van der Waals surface area contributed by atoms with Gasteiger partial charge in [0, 0.05) is 10.8 Å². The van der Waals surface area contributed by atoms with Gasteiger partial charge < -0.3 is 4.42 Å². The molecule has 1 aliphatic rings. The van der Waals surface area contributed by atoms with Crippen LogP contribution in [0.5, 0.6) is 0 Å². The lowest BCUT2D eigenvalue weighted by molar-refractivity contribution is 0.669. The molecule has 9 rings (SSSR count). The average molecular weight is 611 g/mol. The number of nitriles is 2. The third-order valence-electron chi connectivity index (χ3n) is 9.79. The molecule has 0 bridgehead atoms. The fourth-order valence-electron chi connectivity index (χ4n) is 7.78. The molecular weight excluding hydrogens is 585 g/mol. The largest absolute Gasteiger partial charge is 0.456 e. The van der Waals surface area contributed by atoms with Gasteiger partial charge in [-0.3, -0.25) is 0 Å². The molecule has 0 fully saturated rings.